The van der Waals surface area contributed by atoms with Crippen molar-refractivity contribution in [3.63, 3.8) is 0 Å². The Hall–Kier alpha value is -3.74. The van der Waals surface area contributed by atoms with E-state index < -0.39 is 17.7 Å². The minimum Gasteiger partial charge on any atom is -0.486 e. The standard InChI is InChI=1S/C24H21F2N3O2/c1-16(19-12-11-17(25)13-20(19)26)27-24(30)14-29-22-10-6-5-9-21(22)28-23(29)15-31-18-7-3-2-4-8-18/h2-13,16H,14-15H2,1H3,(H,27,30). The SMILES string of the molecule is CC(NC(=O)Cn1c(COc2ccccc2)nc2ccccc21)c1ccc(F)cc1F. The van der Waals surface area contributed by atoms with Gasteiger partial charge in [0, 0.05) is 11.6 Å². The van der Waals surface area contributed by atoms with Crippen LogP contribution in [0.3, 0.4) is 0 Å². The molecular formula is C24H21F2N3O2. The fourth-order valence-electron chi connectivity index (χ4n) is 3.44. The van der Waals surface area contributed by atoms with Crippen molar-refractivity contribution in [3.05, 3.63) is 95.8 Å². The summed E-state index contributed by atoms with van der Waals surface area (Å²) in [5, 5.41) is 2.77. The van der Waals surface area contributed by atoms with Crippen molar-refractivity contribution in [1.82, 2.24) is 14.9 Å². The van der Waals surface area contributed by atoms with Gasteiger partial charge in [-0.2, -0.15) is 0 Å². The first-order valence-electron chi connectivity index (χ1n) is 9.87. The Bertz CT molecular complexity index is 1210. The summed E-state index contributed by atoms with van der Waals surface area (Å²) in [6.07, 6.45) is 0. The summed E-state index contributed by atoms with van der Waals surface area (Å²) in [5.41, 5.74) is 1.77. The lowest BCUT2D eigenvalue weighted by Gasteiger charge is -2.16. The Labute approximate surface area is 178 Å². The predicted octanol–water partition coefficient (Wildman–Crippen LogP) is 4.77. The van der Waals surface area contributed by atoms with Crippen LogP contribution in [0.1, 0.15) is 24.4 Å². The number of amides is 1. The molecule has 0 fully saturated rings. The van der Waals surface area contributed by atoms with Crippen molar-refractivity contribution < 1.29 is 18.3 Å². The van der Waals surface area contributed by atoms with Crippen LogP contribution in [0.2, 0.25) is 0 Å². The van der Waals surface area contributed by atoms with Gasteiger partial charge in [-0.1, -0.05) is 36.4 Å². The van der Waals surface area contributed by atoms with Crippen molar-refractivity contribution >= 4 is 16.9 Å². The molecule has 1 atom stereocenters. The molecule has 1 amide bonds. The van der Waals surface area contributed by atoms with Gasteiger partial charge in [0.1, 0.15) is 36.4 Å². The highest BCUT2D eigenvalue weighted by molar-refractivity contribution is 5.81. The van der Waals surface area contributed by atoms with E-state index in [1.54, 1.807) is 11.5 Å². The number of carbonyl (C=O) groups excluding carboxylic acids is 1. The van der Waals surface area contributed by atoms with Gasteiger partial charge in [0.25, 0.3) is 0 Å². The molecule has 158 valence electrons. The van der Waals surface area contributed by atoms with Gasteiger partial charge in [-0.15, -0.1) is 0 Å². The molecule has 0 bridgehead atoms. The van der Waals surface area contributed by atoms with Crippen LogP contribution in [0.4, 0.5) is 8.78 Å². The number of hydrogen-bond acceptors (Lipinski definition) is 3. The first kappa shape index (κ1) is 20.5. The fourth-order valence-corrected chi connectivity index (χ4v) is 3.44. The van der Waals surface area contributed by atoms with Gasteiger partial charge in [-0.3, -0.25) is 4.79 Å². The molecule has 0 aliphatic rings. The van der Waals surface area contributed by atoms with Crippen molar-refractivity contribution in [2.75, 3.05) is 0 Å². The lowest BCUT2D eigenvalue weighted by atomic mass is 10.1. The van der Waals surface area contributed by atoms with E-state index in [9.17, 15) is 13.6 Å². The Kier molecular flexibility index (Phi) is 5.93. The zero-order valence-electron chi connectivity index (χ0n) is 16.9. The molecule has 1 unspecified atom stereocenters. The number of imidazole rings is 1. The summed E-state index contributed by atoms with van der Waals surface area (Å²) < 4.78 is 34.8. The number of rotatable bonds is 7. The van der Waals surface area contributed by atoms with Crippen LogP contribution < -0.4 is 10.1 Å². The van der Waals surface area contributed by atoms with Crippen molar-refractivity contribution in [2.24, 2.45) is 0 Å². The molecule has 1 N–H and O–H groups in total. The minimum atomic E-state index is -0.696. The molecule has 5 nitrogen and oxygen atoms in total. The highest BCUT2D eigenvalue weighted by atomic mass is 19.1. The van der Waals surface area contributed by atoms with E-state index in [1.807, 2.05) is 54.6 Å². The van der Waals surface area contributed by atoms with E-state index in [-0.39, 0.29) is 24.6 Å². The molecule has 0 radical (unpaired) electrons. The number of halogens is 2. The van der Waals surface area contributed by atoms with E-state index in [0.717, 1.165) is 17.1 Å². The molecule has 0 spiro atoms. The number of nitrogens with one attached hydrogen (secondary N) is 1. The number of ether oxygens (including phenoxy) is 1. The van der Waals surface area contributed by atoms with Gasteiger partial charge in [0.15, 0.2) is 0 Å². The van der Waals surface area contributed by atoms with Gasteiger partial charge in [-0.25, -0.2) is 13.8 Å². The molecule has 0 saturated carbocycles. The fraction of sp³-hybridized carbons (Fsp3) is 0.167. The van der Waals surface area contributed by atoms with E-state index >= 15 is 0 Å². The van der Waals surface area contributed by atoms with Gasteiger partial charge in [0.2, 0.25) is 5.91 Å². The Morgan fingerprint density at radius 2 is 1.81 bits per heavy atom. The molecule has 1 heterocycles. The molecule has 0 aliphatic carbocycles. The third kappa shape index (κ3) is 4.71. The van der Waals surface area contributed by atoms with Gasteiger partial charge in [-0.05, 0) is 37.3 Å². The monoisotopic (exact) mass is 421 g/mol. The molecular weight excluding hydrogens is 400 g/mol. The molecule has 31 heavy (non-hydrogen) atoms. The van der Waals surface area contributed by atoms with Crippen LogP contribution in [-0.2, 0) is 17.9 Å². The third-order valence-corrected chi connectivity index (χ3v) is 4.95. The second kappa shape index (κ2) is 8.95. The number of fused-ring (bicyclic) bond motifs is 1. The first-order chi connectivity index (χ1) is 15.0. The van der Waals surface area contributed by atoms with Gasteiger partial charge in [0.05, 0.1) is 17.1 Å². The van der Waals surface area contributed by atoms with Crippen LogP contribution in [0.5, 0.6) is 5.75 Å². The summed E-state index contributed by atoms with van der Waals surface area (Å²) in [6, 6.07) is 19.5. The summed E-state index contributed by atoms with van der Waals surface area (Å²) >= 11 is 0. The summed E-state index contributed by atoms with van der Waals surface area (Å²) in [4.78, 5) is 17.3. The lowest BCUT2D eigenvalue weighted by Crippen LogP contribution is -2.31. The number of benzene rings is 3. The minimum absolute atomic E-state index is 0.0127. The molecule has 0 aliphatic heterocycles. The van der Waals surface area contributed by atoms with Gasteiger partial charge >= 0.3 is 0 Å². The van der Waals surface area contributed by atoms with Crippen molar-refractivity contribution in [1.29, 1.82) is 0 Å². The number of aromatic nitrogens is 2. The Morgan fingerprint density at radius 3 is 2.58 bits per heavy atom. The second-order valence-corrected chi connectivity index (χ2v) is 7.16. The maximum atomic E-state index is 14.0. The van der Waals surface area contributed by atoms with Gasteiger partial charge < -0.3 is 14.6 Å². The van der Waals surface area contributed by atoms with Crippen LogP contribution in [0.25, 0.3) is 11.0 Å². The molecule has 4 aromatic rings. The van der Waals surface area contributed by atoms with E-state index in [2.05, 4.69) is 10.3 Å². The number of nitrogens with zero attached hydrogens (tertiary/aromatic N) is 2. The summed E-state index contributed by atoms with van der Waals surface area (Å²) in [6.45, 7) is 1.83. The topological polar surface area (TPSA) is 56.2 Å². The van der Waals surface area contributed by atoms with Crippen LogP contribution in [-0.4, -0.2) is 15.5 Å². The van der Waals surface area contributed by atoms with Crippen LogP contribution in [0, 0.1) is 11.6 Å². The van der Waals surface area contributed by atoms with Crippen LogP contribution in [0.15, 0.2) is 72.8 Å². The largest absolute Gasteiger partial charge is 0.486 e. The molecule has 1 aromatic heterocycles. The number of hydrogen-bond donors (Lipinski definition) is 1. The van der Waals surface area contributed by atoms with E-state index in [0.29, 0.717) is 11.6 Å². The number of carbonyl (C=O) groups is 1. The molecule has 7 heteroatoms. The highest BCUT2D eigenvalue weighted by Gasteiger charge is 2.18. The summed E-state index contributed by atoms with van der Waals surface area (Å²) in [5.74, 6) is -0.377. The van der Waals surface area contributed by atoms with Crippen molar-refractivity contribution in [2.45, 2.75) is 26.1 Å². The molecule has 4 rings (SSSR count). The third-order valence-electron chi connectivity index (χ3n) is 4.95. The Balaban J connectivity index is 1.53. The van der Waals surface area contributed by atoms with E-state index in [4.69, 9.17) is 4.74 Å². The zero-order valence-corrected chi connectivity index (χ0v) is 16.9. The predicted molar refractivity (Wildman–Crippen MR) is 113 cm³/mol. The van der Waals surface area contributed by atoms with Crippen LogP contribution >= 0.6 is 0 Å². The normalized spacial score (nSPS) is 12.0. The molecule has 3 aromatic carbocycles. The molecule has 0 saturated heterocycles. The number of para-hydroxylation sites is 3. The van der Waals surface area contributed by atoms with E-state index in [1.165, 1.54) is 12.1 Å². The zero-order chi connectivity index (χ0) is 21.8. The smallest absolute Gasteiger partial charge is 0.240 e. The maximum Gasteiger partial charge on any atom is 0.240 e. The Morgan fingerprint density at radius 1 is 1.06 bits per heavy atom. The highest BCUT2D eigenvalue weighted by Crippen LogP contribution is 2.20. The lowest BCUT2D eigenvalue weighted by molar-refractivity contribution is -0.122. The van der Waals surface area contributed by atoms with Crippen molar-refractivity contribution in [3.8, 4) is 5.75 Å². The quantitative estimate of drug-likeness (QED) is 0.468. The first-order valence-corrected chi connectivity index (χ1v) is 9.87. The average Bonchev–Trinajstić information content (AvgIpc) is 3.10. The summed E-state index contributed by atoms with van der Waals surface area (Å²) in [7, 11) is 0. The maximum absolute atomic E-state index is 14.0. The average molecular weight is 421 g/mol. The second-order valence-electron chi connectivity index (χ2n) is 7.16.